The largest absolute Gasteiger partial charge is 0.345 e. The maximum atomic E-state index is 14.2. The minimum Gasteiger partial charge on any atom is -0.345 e. The Morgan fingerprint density at radius 3 is 1.58 bits per heavy atom. The van der Waals surface area contributed by atoms with Crippen molar-refractivity contribution in [3.05, 3.63) is 59.2 Å². The van der Waals surface area contributed by atoms with Gasteiger partial charge >= 0.3 is 0 Å². The molecule has 0 fully saturated rings. The molecule has 2 aromatic carbocycles. The number of hydrogen-bond donors (Lipinski definition) is 0. The van der Waals surface area contributed by atoms with E-state index in [1.807, 2.05) is 0 Å². The molecule has 1 aliphatic carbocycles. The van der Waals surface area contributed by atoms with E-state index < -0.39 is 17.4 Å². The van der Waals surface area contributed by atoms with E-state index >= 15 is 0 Å². The molecule has 98 valence electrons. The highest BCUT2D eigenvalue weighted by Gasteiger charge is 2.48. The Hall–Kier alpha value is -1.78. The van der Waals surface area contributed by atoms with Crippen molar-refractivity contribution in [1.29, 1.82) is 0 Å². The van der Waals surface area contributed by atoms with Crippen molar-refractivity contribution >= 4 is 0 Å². The molecule has 0 N–H and O–H groups in total. The van der Waals surface area contributed by atoms with Gasteiger partial charge in [0.25, 0.3) is 0 Å². The van der Waals surface area contributed by atoms with Crippen LogP contribution in [0.4, 0.5) is 8.78 Å². The summed E-state index contributed by atoms with van der Waals surface area (Å²) >= 11 is 0. The monoisotopic (exact) mass is 262 g/mol. The SMILES string of the molecule is COC1(OC)c2c(F)cccc2-c2cccc(F)c21. The van der Waals surface area contributed by atoms with Crippen molar-refractivity contribution in [1.82, 2.24) is 0 Å². The van der Waals surface area contributed by atoms with E-state index in [-0.39, 0.29) is 11.1 Å². The molecule has 0 radical (unpaired) electrons. The van der Waals surface area contributed by atoms with Gasteiger partial charge in [0.05, 0.1) is 11.1 Å². The van der Waals surface area contributed by atoms with E-state index in [0.717, 1.165) is 0 Å². The normalized spacial score (nSPS) is 15.2. The van der Waals surface area contributed by atoms with Crippen LogP contribution in [-0.4, -0.2) is 14.2 Å². The molecule has 0 atom stereocenters. The molecule has 4 heteroatoms. The van der Waals surface area contributed by atoms with Crippen LogP contribution in [-0.2, 0) is 15.3 Å². The molecule has 19 heavy (non-hydrogen) atoms. The van der Waals surface area contributed by atoms with Crippen LogP contribution in [0.2, 0.25) is 0 Å². The molecule has 0 saturated heterocycles. The van der Waals surface area contributed by atoms with Gasteiger partial charge in [-0.05, 0) is 23.3 Å². The van der Waals surface area contributed by atoms with Crippen LogP contribution in [0.5, 0.6) is 0 Å². The molecule has 1 aliphatic rings. The minimum absolute atomic E-state index is 0.222. The van der Waals surface area contributed by atoms with Gasteiger partial charge in [-0.25, -0.2) is 8.78 Å². The summed E-state index contributed by atoms with van der Waals surface area (Å²) in [5.41, 5.74) is 1.64. The van der Waals surface area contributed by atoms with Gasteiger partial charge in [-0.2, -0.15) is 0 Å². The maximum Gasteiger partial charge on any atom is 0.228 e. The Balaban J connectivity index is 2.46. The molecule has 0 heterocycles. The van der Waals surface area contributed by atoms with Crippen LogP contribution in [0.25, 0.3) is 11.1 Å². The van der Waals surface area contributed by atoms with Gasteiger partial charge in [-0.3, -0.25) is 0 Å². The molecule has 0 amide bonds. The van der Waals surface area contributed by atoms with Gasteiger partial charge in [0, 0.05) is 14.2 Å². The fourth-order valence-corrected chi connectivity index (χ4v) is 2.78. The third-order valence-electron chi connectivity index (χ3n) is 3.55. The third kappa shape index (κ3) is 1.41. The first-order valence-electron chi connectivity index (χ1n) is 5.84. The van der Waals surface area contributed by atoms with Crippen molar-refractivity contribution in [2.75, 3.05) is 14.2 Å². The first-order chi connectivity index (χ1) is 9.15. The van der Waals surface area contributed by atoms with Gasteiger partial charge in [0.15, 0.2) is 0 Å². The van der Waals surface area contributed by atoms with Crippen molar-refractivity contribution < 1.29 is 18.3 Å². The van der Waals surface area contributed by atoms with Crippen LogP contribution in [0.15, 0.2) is 36.4 Å². The van der Waals surface area contributed by atoms with E-state index in [2.05, 4.69) is 0 Å². The predicted molar refractivity (Wildman–Crippen MR) is 66.6 cm³/mol. The van der Waals surface area contributed by atoms with Crippen LogP contribution >= 0.6 is 0 Å². The van der Waals surface area contributed by atoms with Gasteiger partial charge in [-0.15, -0.1) is 0 Å². The summed E-state index contributed by atoms with van der Waals surface area (Å²) in [4.78, 5) is 0. The lowest BCUT2D eigenvalue weighted by Crippen LogP contribution is -2.31. The highest BCUT2D eigenvalue weighted by atomic mass is 19.1. The minimum atomic E-state index is -1.53. The molecule has 0 unspecified atom stereocenters. The average Bonchev–Trinajstić information content (AvgIpc) is 2.72. The molecule has 2 aromatic rings. The molecule has 0 aliphatic heterocycles. The molecule has 0 saturated carbocycles. The fraction of sp³-hybridized carbons (Fsp3) is 0.200. The number of methoxy groups -OCH3 is 2. The first-order valence-corrected chi connectivity index (χ1v) is 5.84. The summed E-state index contributed by atoms with van der Waals surface area (Å²) in [6, 6.07) is 9.27. The zero-order chi connectivity index (χ0) is 13.6. The molecular weight excluding hydrogens is 250 g/mol. The number of benzene rings is 2. The number of fused-ring (bicyclic) bond motifs is 3. The average molecular weight is 262 g/mol. The van der Waals surface area contributed by atoms with Gasteiger partial charge in [0.2, 0.25) is 5.79 Å². The van der Waals surface area contributed by atoms with Crippen LogP contribution in [0, 0.1) is 11.6 Å². The first kappa shape index (κ1) is 12.3. The Kier molecular flexibility index (Phi) is 2.66. The maximum absolute atomic E-state index is 14.2. The fourth-order valence-electron chi connectivity index (χ4n) is 2.78. The van der Waals surface area contributed by atoms with Crippen molar-refractivity contribution in [2.45, 2.75) is 5.79 Å². The second-order valence-corrected chi connectivity index (χ2v) is 4.35. The Morgan fingerprint density at radius 2 is 1.21 bits per heavy atom. The standard InChI is InChI=1S/C15H12F2O2/c1-18-15(19-2)13-9(5-3-7-11(13)16)10-6-4-8-12(17)14(10)15/h3-8H,1-2H3. The Bertz CT molecular complexity index is 595. The second-order valence-electron chi connectivity index (χ2n) is 4.35. The van der Waals surface area contributed by atoms with Crippen LogP contribution in [0.1, 0.15) is 11.1 Å². The summed E-state index contributed by atoms with van der Waals surface area (Å²) in [6.45, 7) is 0. The second kappa shape index (κ2) is 4.11. The van der Waals surface area contributed by atoms with E-state index in [0.29, 0.717) is 11.1 Å². The Labute approximate surface area is 109 Å². The summed E-state index contributed by atoms with van der Waals surface area (Å²) < 4.78 is 39.1. The molecule has 3 rings (SSSR count). The molecule has 0 aromatic heterocycles. The lowest BCUT2D eigenvalue weighted by Gasteiger charge is -2.28. The summed E-state index contributed by atoms with van der Waals surface area (Å²) in [7, 11) is 2.75. The predicted octanol–water partition coefficient (Wildman–Crippen LogP) is 3.44. The topological polar surface area (TPSA) is 18.5 Å². The van der Waals surface area contributed by atoms with Gasteiger partial charge in [-0.1, -0.05) is 24.3 Å². The van der Waals surface area contributed by atoms with E-state index in [1.54, 1.807) is 24.3 Å². The number of hydrogen-bond acceptors (Lipinski definition) is 2. The van der Waals surface area contributed by atoms with Gasteiger partial charge in [0.1, 0.15) is 11.6 Å². The molecule has 2 nitrogen and oxygen atoms in total. The van der Waals surface area contributed by atoms with E-state index in [9.17, 15) is 8.78 Å². The Morgan fingerprint density at radius 1 is 0.789 bits per heavy atom. The summed E-state index contributed by atoms with van der Waals surface area (Å²) in [5, 5.41) is 0. The zero-order valence-corrected chi connectivity index (χ0v) is 10.5. The smallest absolute Gasteiger partial charge is 0.228 e. The van der Waals surface area contributed by atoms with E-state index in [4.69, 9.17) is 9.47 Å². The van der Waals surface area contributed by atoms with Crippen LogP contribution in [0.3, 0.4) is 0 Å². The molecular formula is C15H12F2O2. The quantitative estimate of drug-likeness (QED) is 0.772. The zero-order valence-electron chi connectivity index (χ0n) is 10.5. The van der Waals surface area contributed by atoms with Crippen molar-refractivity contribution in [3.63, 3.8) is 0 Å². The molecule has 0 bridgehead atoms. The lowest BCUT2D eigenvalue weighted by atomic mass is 10.0. The number of ether oxygens (including phenoxy) is 2. The molecule has 0 spiro atoms. The number of halogens is 2. The van der Waals surface area contributed by atoms with Crippen molar-refractivity contribution in [3.8, 4) is 11.1 Å². The van der Waals surface area contributed by atoms with Crippen LogP contribution < -0.4 is 0 Å². The third-order valence-corrected chi connectivity index (χ3v) is 3.55. The van der Waals surface area contributed by atoms with Crippen molar-refractivity contribution in [2.24, 2.45) is 0 Å². The van der Waals surface area contributed by atoms with Gasteiger partial charge < -0.3 is 9.47 Å². The number of rotatable bonds is 2. The highest BCUT2D eigenvalue weighted by Crippen LogP contribution is 2.51. The van der Waals surface area contributed by atoms with E-state index in [1.165, 1.54) is 26.4 Å². The summed E-state index contributed by atoms with van der Waals surface area (Å²) in [6.07, 6.45) is 0. The highest BCUT2D eigenvalue weighted by molar-refractivity contribution is 5.79. The lowest BCUT2D eigenvalue weighted by molar-refractivity contribution is -0.184. The summed E-state index contributed by atoms with van der Waals surface area (Å²) in [5.74, 6) is -2.48.